The zero-order chi connectivity index (χ0) is 16.5. The predicted octanol–water partition coefficient (Wildman–Crippen LogP) is 0.0361. The van der Waals surface area contributed by atoms with Gasteiger partial charge in [-0.3, -0.25) is 8.37 Å². The Hall–Kier alpha value is 0.320. The third-order valence-electron chi connectivity index (χ3n) is 2.62. The van der Waals surface area contributed by atoms with E-state index in [1.165, 1.54) is 0 Å². The molecule has 144 valence electrons. The standard InChI is InChI=1S/C11H26N2O6S2.2ClH/c1-12(8-10-18-20(3,14)15)6-5-7-13(2)9-11-19-21(4,16)17;;/h5-11H2,1-4H3;2*1H. The molecule has 0 spiro atoms. The van der Waals surface area contributed by atoms with Crippen LogP contribution in [0.3, 0.4) is 0 Å². The molecular weight excluding hydrogens is 391 g/mol. The van der Waals surface area contributed by atoms with E-state index < -0.39 is 20.2 Å². The number of hydrogen-bond acceptors (Lipinski definition) is 8. The van der Waals surface area contributed by atoms with Gasteiger partial charge in [0.1, 0.15) is 0 Å². The minimum absolute atomic E-state index is 0. The summed E-state index contributed by atoms with van der Waals surface area (Å²) in [4.78, 5) is 3.96. The zero-order valence-electron chi connectivity index (χ0n) is 13.9. The minimum Gasteiger partial charge on any atom is -0.304 e. The van der Waals surface area contributed by atoms with Gasteiger partial charge in [0.15, 0.2) is 0 Å². The van der Waals surface area contributed by atoms with E-state index in [2.05, 4.69) is 8.37 Å². The lowest BCUT2D eigenvalue weighted by atomic mass is 10.3. The van der Waals surface area contributed by atoms with Crippen molar-refractivity contribution in [3.8, 4) is 0 Å². The molecule has 0 amide bonds. The van der Waals surface area contributed by atoms with Gasteiger partial charge in [0, 0.05) is 13.1 Å². The summed E-state index contributed by atoms with van der Waals surface area (Å²) in [5.74, 6) is 0. The molecule has 0 aromatic heterocycles. The second-order valence-electron chi connectivity index (χ2n) is 5.01. The average Bonchev–Trinajstić information content (AvgIpc) is 2.25. The fraction of sp³-hybridized carbons (Fsp3) is 1.00. The highest BCUT2D eigenvalue weighted by Gasteiger charge is 2.06. The van der Waals surface area contributed by atoms with E-state index in [-0.39, 0.29) is 38.0 Å². The number of halogens is 2. The lowest BCUT2D eigenvalue weighted by molar-refractivity contribution is 0.215. The van der Waals surface area contributed by atoms with Crippen LogP contribution in [0.5, 0.6) is 0 Å². The first-order valence-corrected chi connectivity index (χ1v) is 10.2. The molecular formula is C11H28Cl2N2O6S2. The topological polar surface area (TPSA) is 93.2 Å². The Kier molecular flexibility index (Phi) is 16.6. The minimum atomic E-state index is -3.37. The summed E-state index contributed by atoms with van der Waals surface area (Å²) in [5.41, 5.74) is 0. The first-order chi connectivity index (χ1) is 9.49. The third-order valence-corrected chi connectivity index (χ3v) is 3.81. The van der Waals surface area contributed by atoms with Gasteiger partial charge in [-0.25, -0.2) is 0 Å². The van der Waals surface area contributed by atoms with Crippen LogP contribution in [0.2, 0.25) is 0 Å². The molecule has 0 rings (SSSR count). The monoisotopic (exact) mass is 418 g/mol. The molecule has 0 heterocycles. The number of nitrogens with zero attached hydrogens (tertiary/aromatic N) is 2. The molecule has 0 fully saturated rings. The van der Waals surface area contributed by atoms with Gasteiger partial charge in [-0.05, 0) is 33.6 Å². The van der Waals surface area contributed by atoms with Crippen molar-refractivity contribution in [3.63, 3.8) is 0 Å². The molecule has 23 heavy (non-hydrogen) atoms. The first-order valence-electron chi connectivity index (χ1n) is 6.55. The second kappa shape index (κ2) is 13.6. The number of hydrogen-bond donors (Lipinski definition) is 0. The van der Waals surface area contributed by atoms with E-state index >= 15 is 0 Å². The highest BCUT2D eigenvalue weighted by molar-refractivity contribution is 7.86. The van der Waals surface area contributed by atoms with Gasteiger partial charge >= 0.3 is 0 Å². The molecule has 0 atom stereocenters. The summed E-state index contributed by atoms with van der Waals surface area (Å²) in [6.07, 6.45) is 2.94. The fourth-order valence-corrected chi connectivity index (χ4v) is 2.28. The van der Waals surface area contributed by atoms with Crippen LogP contribution in [0.15, 0.2) is 0 Å². The van der Waals surface area contributed by atoms with Crippen molar-refractivity contribution in [1.82, 2.24) is 9.80 Å². The molecule has 0 aliphatic heterocycles. The van der Waals surface area contributed by atoms with Gasteiger partial charge in [-0.1, -0.05) is 0 Å². The van der Waals surface area contributed by atoms with Crippen LogP contribution < -0.4 is 0 Å². The predicted molar refractivity (Wildman–Crippen MR) is 95.7 cm³/mol. The third kappa shape index (κ3) is 22.3. The SMILES string of the molecule is CN(CCCN(C)CCOS(C)(=O)=O)CCOS(C)(=O)=O.Cl.Cl. The molecule has 0 bridgehead atoms. The molecule has 0 aromatic rings. The molecule has 12 heteroatoms. The van der Waals surface area contributed by atoms with Gasteiger partial charge in [0.05, 0.1) is 25.7 Å². The Labute approximate surface area is 152 Å². The number of rotatable bonds is 12. The van der Waals surface area contributed by atoms with Crippen molar-refractivity contribution in [1.29, 1.82) is 0 Å². The summed E-state index contributed by atoms with van der Waals surface area (Å²) in [7, 11) is -2.97. The van der Waals surface area contributed by atoms with E-state index in [1.54, 1.807) is 0 Å². The highest BCUT2D eigenvalue weighted by Crippen LogP contribution is 1.94. The summed E-state index contributed by atoms with van der Waals surface area (Å²) < 4.78 is 52.5. The van der Waals surface area contributed by atoms with E-state index in [0.717, 1.165) is 32.0 Å². The van der Waals surface area contributed by atoms with Crippen LogP contribution in [-0.4, -0.2) is 92.6 Å². The van der Waals surface area contributed by atoms with Crippen molar-refractivity contribution in [2.24, 2.45) is 0 Å². The van der Waals surface area contributed by atoms with E-state index in [4.69, 9.17) is 0 Å². The summed E-state index contributed by atoms with van der Waals surface area (Å²) in [5, 5.41) is 0. The Morgan fingerprint density at radius 1 is 0.696 bits per heavy atom. The van der Waals surface area contributed by atoms with Crippen molar-refractivity contribution < 1.29 is 25.2 Å². The van der Waals surface area contributed by atoms with E-state index in [1.807, 2.05) is 23.9 Å². The molecule has 0 unspecified atom stereocenters. The Morgan fingerprint density at radius 3 is 1.26 bits per heavy atom. The highest BCUT2D eigenvalue weighted by atomic mass is 35.5. The van der Waals surface area contributed by atoms with Crippen LogP contribution in [-0.2, 0) is 28.6 Å². The molecule has 0 radical (unpaired) electrons. The van der Waals surface area contributed by atoms with Crippen LogP contribution in [0.4, 0.5) is 0 Å². The summed E-state index contributed by atoms with van der Waals surface area (Å²) in [6, 6.07) is 0. The second-order valence-corrected chi connectivity index (χ2v) is 8.30. The van der Waals surface area contributed by atoms with Gasteiger partial charge in [0.25, 0.3) is 20.2 Å². The van der Waals surface area contributed by atoms with Gasteiger partial charge < -0.3 is 9.80 Å². The molecule has 0 N–H and O–H groups in total. The van der Waals surface area contributed by atoms with Gasteiger partial charge in [-0.15, -0.1) is 24.8 Å². The van der Waals surface area contributed by atoms with Crippen LogP contribution in [0.1, 0.15) is 6.42 Å². The molecule has 0 aliphatic rings. The first kappa shape index (κ1) is 28.1. The lowest BCUT2D eigenvalue weighted by Gasteiger charge is -2.19. The van der Waals surface area contributed by atoms with Crippen molar-refractivity contribution in [2.45, 2.75) is 6.42 Å². The zero-order valence-corrected chi connectivity index (χ0v) is 17.2. The molecule has 0 saturated carbocycles. The van der Waals surface area contributed by atoms with Crippen molar-refractivity contribution >= 4 is 45.1 Å². The van der Waals surface area contributed by atoms with E-state index in [0.29, 0.717) is 13.1 Å². The smallest absolute Gasteiger partial charge is 0.264 e. The molecule has 0 aliphatic carbocycles. The maximum Gasteiger partial charge on any atom is 0.264 e. The number of likely N-dealkylation sites (N-methyl/N-ethyl adjacent to an activating group) is 2. The normalized spacial score (nSPS) is 12.1. The van der Waals surface area contributed by atoms with Crippen LogP contribution >= 0.6 is 24.8 Å². The van der Waals surface area contributed by atoms with Crippen molar-refractivity contribution in [3.05, 3.63) is 0 Å². The molecule has 0 saturated heterocycles. The lowest BCUT2D eigenvalue weighted by Crippen LogP contribution is -2.30. The van der Waals surface area contributed by atoms with Crippen LogP contribution in [0, 0.1) is 0 Å². The Balaban J connectivity index is -0.00000200. The van der Waals surface area contributed by atoms with Crippen molar-refractivity contribution in [2.75, 3.05) is 66.0 Å². The van der Waals surface area contributed by atoms with Crippen LogP contribution in [0.25, 0.3) is 0 Å². The summed E-state index contributed by atoms with van der Waals surface area (Å²) >= 11 is 0. The molecule has 8 nitrogen and oxygen atoms in total. The summed E-state index contributed by atoms with van der Waals surface area (Å²) in [6.45, 7) is 2.96. The quantitative estimate of drug-likeness (QED) is 0.410. The average molecular weight is 419 g/mol. The Bertz CT molecular complexity index is 443. The van der Waals surface area contributed by atoms with Gasteiger partial charge in [0.2, 0.25) is 0 Å². The van der Waals surface area contributed by atoms with Gasteiger partial charge in [-0.2, -0.15) is 16.8 Å². The maximum absolute atomic E-state index is 10.8. The fourth-order valence-electron chi connectivity index (χ4n) is 1.52. The molecule has 0 aromatic carbocycles. The Morgan fingerprint density at radius 2 is 1.00 bits per heavy atom. The largest absolute Gasteiger partial charge is 0.304 e. The maximum atomic E-state index is 10.8. The van der Waals surface area contributed by atoms with E-state index in [9.17, 15) is 16.8 Å².